The van der Waals surface area contributed by atoms with Crippen LogP contribution in [0, 0.1) is 0 Å². The van der Waals surface area contributed by atoms with Gasteiger partial charge in [-0.05, 0) is 12.5 Å². The molecule has 5 nitrogen and oxygen atoms in total. The molecule has 0 unspecified atom stereocenters. The molecule has 0 bridgehead atoms. The van der Waals surface area contributed by atoms with E-state index in [1.807, 2.05) is 10.9 Å². The van der Waals surface area contributed by atoms with Crippen LogP contribution >= 0.6 is 0 Å². The molecule has 2 N–H and O–H groups in total. The molecule has 0 atom stereocenters. The van der Waals surface area contributed by atoms with E-state index in [0.717, 1.165) is 13.0 Å². The minimum absolute atomic E-state index is 0.482. The van der Waals surface area contributed by atoms with E-state index < -0.39 is 0 Å². The van der Waals surface area contributed by atoms with Crippen molar-refractivity contribution in [3.8, 4) is 11.6 Å². The fourth-order valence-corrected chi connectivity index (χ4v) is 1.35. The van der Waals surface area contributed by atoms with E-state index in [2.05, 4.69) is 17.0 Å². The zero-order chi connectivity index (χ0) is 11.4. The van der Waals surface area contributed by atoms with Gasteiger partial charge in [-0.3, -0.25) is 4.68 Å². The van der Waals surface area contributed by atoms with Crippen LogP contribution in [0.4, 0.5) is 5.69 Å². The molecule has 0 amide bonds. The lowest BCUT2D eigenvalue weighted by Gasteiger charge is -2.01. The van der Waals surface area contributed by atoms with Crippen LogP contribution in [0.25, 0.3) is 0 Å². The molecule has 0 aromatic carbocycles. The van der Waals surface area contributed by atoms with Gasteiger partial charge in [-0.1, -0.05) is 6.92 Å². The fourth-order valence-electron chi connectivity index (χ4n) is 1.35. The summed E-state index contributed by atoms with van der Waals surface area (Å²) in [5.74, 6) is 1.16. The third-order valence-corrected chi connectivity index (χ3v) is 2.04. The number of pyridine rings is 1. The zero-order valence-electron chi connectivity index (χ0n) is 9.13. The summed E-state index contributed by atoms with van der Waals surface area (Å²) in [7, 11) is 0. The Morgan fingerprint density at radius 2 is 2.38 bits per heavy atom. The number of nitrogen functional groups attached to an aromatic ring is 1. The van der Waals surface area contributed by atoms with Gasteiger partial charge < -0.3 is 10.5 Å². The van der Waals surface area contributed by atoms with Gasteiger partial charge in [0, 0.05) is 24.5 Å². The number of rotatable bonds is 4. The molecule has 0 aliphatic rings. The van der Waals surface area contributed by atoms with E-state index >= 15 is 0 Å². The first-order valence-electron chi connectivity index (χ1n) is 5.20. The quantitative estimate of drug-likeness (QED) is 0.853. The monoisotopic (exact) mass is 218 g/mol. The molecule has 2 aromatic heterocycles. The Balaban J connectivity index is 2.08. The van der Waals surface area contributed by atoms with Crippen LogP contribution in [0.5, 0.6) is 11.6 Å². The highest BCUT2D eigenvalue weighted by Crippen LogP contribution is 2.19. The highest BCUT2D eigenvalue weighted by atomic mass is 16.5. The van der Waals surface area contributed by atoms with Crippen LogP contribution in [0.15, 0.2) is 30.7 Å². The number of anilines is 1. The van der Waals surface area contributed by atoms with Crippen molar-refractivity contribution < 1.29 is 4.74 Å². The Morgan fingerprint density at radius 1 is 1.50 bits per heavy atom. The molecule has 2 heterocycles. The van der Waals surface area contributed by atoms with Gasteiger partial charge in [-0.25, -0.2) is 4.98 Å². The molecule has 0 saturated heterocycles. The van der Waals surface area contributed by atoms with Crippen LogP contribution in [-0.2, 0) is 6.54 Å². The number of hydrogen-bond acceptors (Lipinski definition) is 4. The maximum atomic E-state index is 5.62. The average molecular weight is 218 g/mol. The van der Waals surface area contributed by atoms with Crippen LogP contribution in [0.3, 0.4) is 0 Å². The molecule has 84 valence electrons. The Bertz CT molecular complexity index is 467. The molecule has 5 heteroatoms. The second kappa shape index (κ2) is 4.65. The smallest absolute Gasteiger partial charge is 0.221 e. The SMILES string of the molecule is CCCn1cc(Oc2cc(N)ccn2)cn1. The molecule has 0 spiro atoms. The van der Waals surface area contributed by atoms with E-state index in [9.17, 15) is 0 Å². The number of nitrogens with zero attached hydrogens (tertiary/aromatic N) is 3. The van der Waals surface area contributed by atoms with Crippen molar-refractivity contribution >= 4 is 5.69 Å². The lowest BCUT2D eigenvalue weighted by Crippen LogP contribution is -1.95. The third kappa shape index (κ3) is 2.50. The van der Waals surface area contributed by atoms with Crippen LogP contribution in [0.1, 0.15) is 13.3 Å². The van der Waals surface area contributed by atoms with Crippen molar-refractivity contribution in [1.29, 1.82) is 0 Å². The minimum atomic E-state index is 0.482. The number of nitrogens with two attached hydrogens (primary N) is 1. The summed E-state index contributed by atoms with van der Waals surface area (Å²) in [5.41, 5.74) is 6.25. The molecular formula is C11H14N4O. The molecule has 0 aliphatic heterocycles. The van der Waals surface area contributed by atoms with Crippen molar-refractivity contribution in [2.75, 3.05) is 5.73 Å². The molecule has 0 saturated carbocycles. The lowest BCUT2D eigenvalue weighted by molar-refractivity contribution is 0.461. The van der Waals surface area contributed by atoms with Gasteiger partial charge in [-0.15, -0.1) is 0 Å². The summed E-state index contributed by atoms with van der Waals surface area (Å²) in [5, 5.41) is 4.16. The van der Waals surface area contributed by atoms with Gasteiger partial charge in [0.05, 0.1) is 12.4 Å². The molecule has 2 rings (SSSR count). The Kier molecular flexibility index (Phi) is 3.05. The second-order valence-electron chi connectivity index (χ2n) is 3.47. The molecule has 16 heavy (non-hydrogen) atoms. The summed E-state index contributed by atoms with van der Waals surface area (Å²) in [6, 6.07) is 3.39. The maximum Gasteiger partial charge on any atom is 0.221 e. The van der Waals surface area contributed by atoms with E-state index in [1.54, 1.807) is 24.5 Å². The highest BCUT2D eigenvalue weighted by Gasteiger charge is 2.02. The van der Waals surface area contributed by atoms with E-state index in [4.69, 9.17) is 10.5 Å². The maximum absolute atomic E-state index is 5.62. The van der Waals surface area contributed by atoms with Gasteiger partial charge in [0.1, 0.15) is 0 Å². The fraction of sp³-hybridized carbons (Fsp3) is 0.273. The first kappa shape index (κ1) is 10.5. The van der Waals surface area contributed by atoms with Crippen molar-refractivity contribution in [2.24, 2.45) is 0 Å². The molecule has 0 fully saturated rings. The normalized spacial score (nSPS) is 10.3. The number of hydrogen-bond donors (Lipinski definition) is 1. The topological polar surface area (TPSA) is 66.0 Å². The van der Waals surface area contributed by atoms with E-state index in [1.165, 1.54) is 0 Å². The first-order valence-corrected chi connectivity index (χ1v) is 5.20. The summed E-state index contributed by atoms with van der Waals surface area (Å²) in [6.07, 6.45) is 6.16. The van der Waals surface area contributed by atoms with Crippen molar-refractivity contribution in [1.82, 2.24) is 14.8 Å². The first-order chi connectivity index (χ1) is 7.78. The van der Waals surface area contributed by atoms with E-state index in [-0.39, 0.29) is 0 Å². The predicted molar refractivity (Wildman–Crippen MR) is 61.2 cm³/mol. The standard InChI is InChI=1S/C11H14N4O/c1-2-5-15-8-10(7-14-15)16-11-6-9(12)3-4-13-11/h3-4,6-8H,2,5H2,1H3,(H2,12,13). The van der Waals surface area contributed by atoms with Gasteiger partial charge in [0.2, 0.25) is 5.88 Å². The third-order valence-electron chi connectivity index (χ3n) is 2.04. The van der Waals surface area contributed by atoms with E-state index in [0.29, 0.717) is 17.3 Å². The Morgan fingerprint density at radius 3 is 3.12 bits per heavy atom. The van der Waals surface area contributed by atoms with Gasteiger partial charge in [-0.2, -0.15) is 5.10 Å². The number of ether oxygens (including phenoxy) is 1. The van der Waals surface area contributed by atoms with Crippen LogP contribution in [-0.4, -0.2) is 14.8 Å². The predicted octanol–water partition coefficient (Wildman–Crippen LogP) is 2.06. The molecule has 2 aromatic rings. The lowest BCUT2D eigenvalue weighted by atomic mass is 10.4. The average Bonchev–Trinajstić information content (AvgIpc) is 2.66. The van der Waals surface area contributed by atoms with Crippen molar-refractivity contribution in [3.63, 3.8) is 0 Å². The van der Waals surface area contributed by atoms with Crippen molar-refractivity contribution in [2.45, 2.75) is 19.9 Å². The number of aryl methyl sites for hydroxylation is 1. The largest absolute Gasteiger partial charge is 0.436 e. The van der Waals surface area contributed by atoms with Gasteiger partial charge in [0.25, 0.3) is 0 Å². The summed E-state index contributed by atoms with van der Waals surface area (Å²) < 4.78 is 7.35. The molecule has 0 radical (unpaired) electrons. The van der Waals surface area contributed by atoms with Crippen LogP contribution < -0.4 is 10.5 Å². The van der Waals surface area contributed by atoms with Gasteiger partial charge >= 0.3 is 0 Å². The minimum Gasteiger partial charge on any atom is -0.436 e. The highest BCUT2D eigenvalue weighted by molar-refractivity contribution is 5.40. The second-order valence-corrected chi connectivity index (χ2v) is 3.47. The summed E-state index contributed by atoms with van der Waals surface area (Å²) in [6.45, 7) is 2.98. The number of aromatic nitrogens is 3. The zero-order valence-corrected chi connectivity index (χ0v) is 9.13. The Labute approximate surface area is 93.9 Å². The molecular weight excluding hydrogens is 204 g/mol. The van der Waals surface area contributed by atoms with Crippen molar-refractivity contribution in [3.05, 3.63) is 30.7 Å². The summed E-state index contributed by atoms with van der Waals surface area (Å²) in [4.78, 5) is 4.05. The van der Waals surface area contributed by atoms with Crippen LogP contribution in [0.2, 0.25) is 0 Å². The molecule has 0 aliphatic carbocycles. The van der Waals surface area contributed by atoms with Gasteiger partial charge in [0.15, 0.2) is 5.75 Å². The summed E-state index contributed by atoms with van der Waals surface area (Å²) >= 11 is 0. The Hall–Kier alpha value is -2.04.